The molecule has 0 aliphatic carbocycles. The summed E-state index contributed by atoms with van der Waals surface area (Å²) < 4.78 is 27.6. The molecule has 0 amide bonds. The van der Waals surface area contributed by atoms with E-state index in [-0.39, 0.29) is 10.7 Å². The van der Waals surface area contributed by atoms with Crippen LogP contribution in [0.4, 0.5) is 8.78 Å². The van der Waals surface area contributed by atoms with E-state index in [1.54, 1.807) is 12.1 Å². The predicted molar refractivity (Wildman–Crippen MR) is 71.4 cm³/mol. The van der Waals surface area contributed by atoms with Gasteiger partial charge in [-0.15, -0.1) is 0 Å². The van der Waals surface area contributed by atoms with Gasteiger partial charge in [-0.3, -0.25) is 0 Å². The van der Waals surface area contributed by atoms with Gasteiger partial charge in [0.15, 0.2) is 5.15 Å². The van der Waals surface area contributed by atoms with Gasteiger partial charge in [0.2, 0.25) is 5.13 Å². The minimum Gasteiger partial charge on any atom is -0.218 e. The summed E-state index contributed by atoms with van der Waals surface area (Å²) in [6.45, 7) is 0. The van der Waals surface area contributed by atoms with Crippen LogP contribution in [-0.4, -0.2) is 14.8 Å². The molecule has 0 unspecified atom stereocenters. The van der Waals surface area contributed by atoms with E-state index in [9.17, 15) is 8.78 Å². The predicted octanol–water partition coefficient (Wildman–Crippen LogP) is 3.94. The van der Waals surface area contributed by atoms with E-state index >= 15 is 0 Å². The molecule has 3 rings (SSSR count). The zero-order chi connectivity index (χ0) is 14.3. The van der Waals surface area contributed by atoms with Crippen LogP contribution in [0.25, 0.3) is 15.3 Å². The number of benzene rings is 1. The lowest BCUT2D eigenvalue weighted by Gasteiger charge is -1.95. The maximum atomic E-state index is 12.8. The number of nitrogens with zero attached hydrogens (tertiary/aromatic N) is 4. The first-order chi connectivity index (χ1) is 9.61. The second kappa shape index (κ2) is 4.81. The lowest BCUT2D eigenvalue weighted by atomic mass is 10.3. The fourth-order valence-corrected chi connectivity index (χ4v) is 2.98. The fraction of sp³-hybridized carbons (Fsp3) is 0.0833. The van der Waals surface area contributed by atoms with E-state index < -0.39 is 12.1 Å². The Kier molecular flexibility index (Phi) is 3.12. The second-order valence-electron chi connectivity index (χ2n) is 3.84. The van der Waals surface area contributed by atoms with Crippen molar-refractivity contribution in [3.8, 4) is 11.2 Å². The highest BCUT2D eigenvalue weighted by Crippen LogP contribution is 2.32. The summed E-state index contributed by atoms with van der Waals surface area (Å²) in [6.07, 6.45) is -2.86. The molecular formula is C12H5ClF2N4S. The molecule has 0 N–H and O–H groups in total. The highest BCUT2D eigenvalue weighted by atomic mass is 35.5. The average Bonchev–Trinajstić information content (AvgIpc) is 2.98. The van der Waals surface area contributed by atoms with E-state index in [2.05, 4.69) is 10.1 Å². The number of fused-ring (bicyclic) bond motifs is 1. The molecule has 4 nitrogen and oxygen atoms in total. The molecule has 3 aromatic rings. The Labute approximate surface area is 120 Å². The first-order valence-electron chi connectivity index (χ1n) is 5.44. The number of rotatable bonds is 2. The van der Waals surface area contributed by atoms with Crippen molar-refractivity contribution in [3.63, 3.8) is 0 Å². The molecule has 20 heavy (non-hydrogen) atoms. The van der Waals surface area contributed by atoms with Crippen LogP contribution < -0.4 is 0 Å². The molecule has 0 atom stereocenters. The highest BCUT2D eigenvalue weighted by molar-refractivity contribution is 7.20. The van der Waals surface area contributed by atoms with E-state index in [1.807, 2.05) is 18.2 Å². The summed E-state index contributed by atoms with van der Waals surface area (Å²) in [6, 6.07) is 8.97. The Hall–Kier alpha value is -2.04. The lowest BCUT2D eigenvalue weighted by Crippen LogP contribution is -1.96. The van der Waals surface area contributed by atoms with Crippen LogP contribution in [0.5, 0.6) is 0 Å². The maximum absolute atomic E-state index is 12.8. The van der Waals surface area contributed by atoms with Crippen molar-refractivity contribution in [1.29, 1.82) is 5.26 Å². The van der Waals surface area contributed by atoms with E-state index in [4.69, 9.17) is 16.9 Å². The van der Waals surface area contributed by atoms with E-state index in [0.29, 0.717) is 5.13 Å². The van der Waals surface area contributed by atoms with Gasteiger partial charge in [-0.2, -0.15) is 15.0 Å². The molecule has 1 aromatic carbocycles. The van der Waals surface area contributed by atoms with Crippen molar-refractivity contribution >= 4 is 33.2 Å². The van der Waals surface area contributed by atoms with Gasteiger partial charge in [-0.25, -0.2) is 13.8 Å². The monoisotopic (exact) mass is 310 g/mol. The lowest BCUT2D eigenvalue weighted by molar-refractivity contribution is 0.145. The molecule has 2 heterocycles. The molecule has 0 fully saturated rings. The van der Waals surface area contributed by atoms with Crippen LogP contribution >= 0.6 is 22.9 Å². The van der Waals surface area contributed by atoms with Crippen LogP contribution in [0.3, 0.4) is 0 Å². The first-order valence-corrected chi connectivity index (χ1v) is 6.64. The normalized spacial score (nSPS) is 11.2. The number of alkyl halides is 2. The van der Waals surface area contributed by atoms with Gasteiger partial charge in [0.1, 0.15) is 17.3 Å². The fourth-order valence-electron chi connectivity index (χ4n) is 1.75. The molecule has 0 aliphatic heterocycles. The van der Waals surface area contributed by atoms with Crippen molar-refractivity contribution in [2.24, 2.45) is 0 Å². The van der Waals surface area contributed by atoms with Crippen molar-refractivity contribution in [2.75, 3.05) is 0 Å². The number of para-hydroxylation sites is 1. The Bertz CT molecular complexity index is 801. The summed E-state index contributed by atoms with van der Waals surface area (Å²) in [5.74, 6) is 0. The number of aromatic nitrogens is 3. The summed E-state index contributed by atoms with van der Waals surface area (Å²) in [7, 11) is 0. The summed E-state index contributed by atoms with van der Waals surface area (Å²) in [5, 5.41) is 12.8. The molecule has 0 spiro atoms. The smallest absolute Gasteiger partial charge is 0.218 e. The SMILES string of the molecule is N#Cc1c(C(F)F)nn(-c2nc3ccccc3s2)c1Cl. The molecule has 2 aromatic heterocycles. The summed E-state index contributed by atoms with van der Waals surface area (Å²) in [5.41, 5.74) is -0.228. The van der Waals surface area contributed by atoms with Gasteiger partial charge >= 0.3 is 0 Å². The van der Waals surface area contributed by atoms with Gasteiger partial charge in [-0.1, -0.05) is 35.1 Å². The molecule has 0 radical (unpaired) electrons. The minimum absolute atomic E-state index is 0.151. The molecule has 0 aliphatic rings. The van der Waals surface area contributed by atoms with Crippen molar-refractivity contribution in [3.05, 3.63) is 40.7 Å². The first kappa shape index (κ1) is 13.0. The van der Waals surface area contributed by atoms with Crippen LogP contribution in [0, 0.1) is 11.3 Å². The Morgan fingerprint density at radius 1 is 1.35 bits per heavy atom. The third-order valence-electron chi connectivity index (χ3n) is 2.64. The van der Waals surface area contributed by atoms with Crippen LogP contribution in [0.2, 0.25) is 5.15 Å². The molecule has 100 valence electrons. The molecule has 0 saturated heterocycles. The maximum Gasteiger partial charge on any atom is 0.283 e. The standard InChI is InChI=1S/C12H5ClF2N4S/c13-10-6(5-16)9(11(14)15)18-19(10)12-17-7-3-1-2-4-8(7)20-12/h1-4,11H. The number of hydrogen-bond acceptors (Lipinski definition) is 4. The molecule has 0 bridgehead atoms. The van der Waals surface area contributed by atoms with Gasteiger partial charge in [0.05, 0.1) is 10.2 Å². The minimum atomic E-state index is -2.86. The quantitative estimate of drug-likeness (QED) is 0.720. The van der Waals surface area contributed by atoms with Crippen LogP contribution in [0.1, 0.15) is 17.7 Å². The van der Waals surface area contributed by atoms with Crippen LogP contribution in [0.15, 0.2) is 24.3 Å². The zero-order valence-electron chi connectivity index (χ0n) is 9.72. The van der Waals surface area contributed by atoms with Gasteiger partial charge in [-0.05, 0) is 12.1 Å². The molecule has 8 heteroatoms. The summed E-state index contributed by atoms with van der Waals surface area (Å²) in [4.78, 5) is 4.27. The summed E-state index contributed by atoms with van der Waals surface area (Å²) >= 11 is 7.21. The van der Waals surface area contributed by atoms with E-state index in [0.717, 1.165) is 14.9 Å². The van der Waals surface area contributed by atoms with Crippen LogP contribution in [-0.2, 0) is 0 Å². The Morgan fingerprint density at radius 3 is 2.70 bits per heavy atom. The van der Waals surface area contributed by atoms with E-state index in [1.165, 1.54) is 11.3 Å². The topological polar surface area (TPSA) is 54.5 Å². The number of halogens is 3. The zero-order valence-corrected chi connectivity index (χ0v) is 11.3. The van der Waals surface area contributed by atoms with Crippen molar-refractivity contribution in [2.45, 2.75) is 6.43 Å². The van der Waals surface area contributed by atoms with Gasteiger partial charge in [0.25, 0.3) is 6.43 Å². The van der Waals surface area contributed by atoms with Gasteiger partial charge < -0.3 is 0 Å². The van der Waals surface area contributed by atoms with Gasteiger partial charge in [0, 0.05) is 0 Å². The van der Waals surface area contributed by atoms with Crippen molar-refractivity contribution in [1.82, 2.24) is 14.8 Å². The average molecular weight is 311 g/mol. The number of nitriles is 1. The molecular weight excluding hydrogens is 306 g/mol. The Morgan fingerprint density at radius 2 is 2.10 bits per heavy atom. The largest absolute Gasteiger partial charge is 0.283 e. The van der Waals surface area contributed by atoms with Crippen molar-refractivity contribution < 1.29 is 8.78 Å². The Balaban J connectivity index is 2.22. The highest BCUT2D eigenvalue weighted by Gasteiger charge is 2.25. The number of hydrogen-bond donors (Lipinski definition) is 0. The number of thiazole rings is 1. The third kappa shape index (κ3) is 1.94. The molecule has 0 saturated carbocycles. The third-order valence-corrected chi connectivity index (χ3v) is 4.00. The second-order valence-corrected chi connectivity index (χ2v) is 5.21.